The highest BCUT2D eigenvalue weighted by atomic mass is 32.1. The molecule has 0 N–H and O–H groups in total. The molecule has 6 nitrogen and oxygen atoms in total. The fourth-order valence-electron chi connectivity index (χ4n) is 2.65. The molecule has 0 radical (unpaired) electrons. The van der Waals surface area contributed by atoms with Crippen molar-refractivity contribution >= 4 is 16.3 Å². The molecule has 0 fully saturated rings. The first-order valence-electron chi connectivity index (χ1n) is 7.86. The molecule has 0 unspecified atom stereocenters. The molecule has 0 amide bonds. The number of hydrogen-bond donors (Lipinski definition) is 0. The van der Waals surface area contributed by atoms with E-state index in [1.165, 1.54) is 23.5 Å². The van der Waals surface area contributed by atoms with Gasteiger partial charge in [0, 0.05) is 12.0 Å². The van der Waals surface area contributed by atoms with Crippen molar-refractivity contribution in [2.24, 2.45) is 0 Å². The third-order valence-corrected chi connectivity index (χ3v) is 4.90. The van der Waals surface area contributed by atoms with E-state index in [2.05, 4.69) is 15.3 Å². The van der Waals surface area contributed by atoms with Crippen molar-refractivity contribution in [2.75, 3.05) is 14.2 Å². The second kappa shape index (κ2) is 6.72. The number of fused-ring (bicyclic) bond motifs is 1. The lowest BCUT2D eigenvalue weighted by Crippen LogP contribution is -1.99. The van der Waals surface area contributed by atoms with Crippen LogP contribution in [0.2, 0.25) is 0 Å². The third-order valence-electron chi connectivity index (χ3n) is 3.96. The van der Waals surface area contributed by atoms with Crippen molar-refractivity contribution in [3.05, 3.63) is 59.7 Å². The third kappa shape index (κ3) is 2.99. The second-order valence-electron chi connectivity index (χ2n) is 5.59. The Hall–Kier alpha value is -3.00. The first kappa shape index (κ1) is 16.5. The van der Waals surface area contributed by atoms with E-state index in [1.54, 1.807) is 30.9 Å². The van der Waals surface area contributed by atoms with E-state index in [9.17, 15) is 4.39 Å². The molecule has 0 spiro atoms. The molecule has 0 atom stereocenters. The molecule has 2 aromatic heterocycles. The van der Waals surface area contributed by atoms with Gasteiger partial charge < -0.3 is 9.47 Å². The molecular weight excluding hydrogens is 355 g/mol. The zero-order valence-electron chi connectivity index (χ0n) is 14.1. The number of nitrogens with zero attached hydrogens (tertiary/aromatic N) is 4. The van der Waals surface area contributed by atoms with Crippen LogP contribution in [0, 0.1) is 5.82 Å². The zero-order valence-corrected chi connectivity index (χ0v) is 15.0. The van der Waals surface area contributed by atoms with Crippen LogP contribution in [0.15, 0.2) is 42.5 Å². The van der Waals surface area contributed by atoms with Crippen molar-refractivity contribution in [1.82, 2.24) is 19.8 Å². The van der Waals surface area contributed by atoms with E-state index >= 15 is 0 Å². The van der Waals surface area contributed by atoms with Crippen LogP contribution in [0.3, 0.4) is 0 Å². The first-order valence-corrected chi connectivity index (χ1v) is 8.67. The van der Waals surface area contributed by atoms with E-state index in [4.69, 9.17) is 9.47 Å². The van der Waals surface area contributed by atoms with Crippen molar-refractivity contribution in [2.45, 2.75) is 6.42 Å². The van der Waals surface area contributed by atoms with E-state index in [-0.39, 0.29) is 5.82 Å². The first-order chi connectivity index (χ1) is 12.7. The summed E-state index contributed by atoms with van der Waals surface area (Å²) >= 11 is 1.41. The molecule has 8 heteroatoms. The Bertz CT molecular complexity index is 1060. The van der Waals surface area contributed by atoms with Gasteiger partial charge in [-0.25, -0.2) is 4.39 Å². The fourth-order valence-corrected chi connectivity index (χ4v) is 3.51. The van der Waals surface area contributed by atoms with Crippen LogP contribution in [-0.2, 0) is 6.42 Å². The summed E-state index contributed by atoms with van der Waals surface area (Å²) in [4.78, 5) is 0.694. The number of methoxy groups -OCH3 is 2. The maximum atomic E-state index is 13.1. The Morgan fingerprint density at radius 1 is 1.00 bits per heavy atom. The van der Waals surface area contributed by atoms with Crippen LogP contribution >= 0.6 is 11.3 Å². The standard InChI is InChI=1S/C18H15FN4O2S/c1-24-14-8-3-11(9-15(14)25-2)10-16-20-21-18-23(16)22-17(26-18)12-4-6-13(19)7-5-12/h3-9H,10H2,1-2H3. The zero-order chi connectivity index (χ0) is 18.1. The number of benzene rings is 2. The van der Waals surface area contributed by atoms with Crippen LogP contribution in [-0.4, -0.2) is 34.0 Å². The van der Waals surface area contributed by atoms with Gasteiger partial charge in [0.2, 0.25) is 4.96 Å². The van der Waals surface area contributed by atoms with Crippen LogP contribution in [0.1, 0.15) is 11.4 Å². The molecule has 26 heavy (non-hydrogen) atoms. The summed E-state index contributed by atoms with van der Waals surface area (Å²) in [6, 6.07) is 12.0. The lowest BCUT2D eigenvalue weighted by atomic mass is 10.1. The maximum absolute atomic E-state index is 13.1. The van der Waals surface area contributed by atoms with Gasteiger partial charge in [0.05, 0.1) is 14.2 Å². The Kier molecular flexibility index (Phi) is 4.26. The number of aromatic nitrogens is 4. The average molecular weight is 370 g/mol. The molecule has 4 rings (SSSR count). The summed E-state index contributed by atoms with van der Waals surface area (Å²) in [5.41, 5.74) is 1.85. The van der Waals surface area contributed by atoms with Gasteiger partial charge in [0.1, 0.15) is 10.8 Å². The average Bonchev–Trinajstić information content (AvgIpc) is 3.24. The molecule has 0 bridgehead atoms. The van der Waals surface area contributed by atoms with Gasteiger partial charge in [-0.1, -0.05) is 17.4 Å². The van der Waals surface area contributed by atoms with Crippen molar-refractivity contribution in [1.29, 1.82) is 0 Å². The van der Waals surface area contributed by atoms with Crippen molar-refractivity contribution in [3.8, 4) is 22.1 Å². The Morgan fingerprint density at radius 2 is 1.77 bits per heavy atom. The smallest absolute Gasteiger partial charge is 0.234 e. The molecule has 0 saturated carbocycles. The van der Waals surface area contributed by atoms with E-state index in [0.717, 1.165) is 22.0 Å². The highest BCUT2D eigenvalue weighted by molar-refractivity contribution is 7.19. The van der Waals surface area contributed by atoms with Gasteiger partial charge in [-0.2, -0.15) is 9.61 Å². The highest BCUT2D eigenvalue weighted by Crippen LogP contribution is 2.29. The minimum absolute atomic E-state index is 0.272. The summed E-state index contributed by atoms with van der Waals surface area (Å²) in [5.74, 6) is 1.79. The summed E-state index contributed by atoms with van der Waals surface area (Å²) in [5, 5.41) is 13.8. The van der Waals surface area contributed by atoms with E-state index < -0.39 is 0 Å². The largest absolute Gasteiger partial charge is 0.493 e. The molecule has 2 heterocycles. The minimum atomic E-state index is -0.272. The number of hydrogen-bond acceptors (Lipinski definition) is 6. The highest BCUT2D eigenvalue weighted by Gasteiger charge is 2.14. The molecule has 4 aromatic rings. The van der Waals surface area contributed by atoms with Gasteiger partial charge in [-0.3, -0.25) is 0 Å². The number of ether oxygens (including phenoxy) is 2. The van der Waals surface area contributed by atoms with Crippen LogP contribution in [0.25, 0.3) is 15.5 Å². The topological polar surface area (TPSA) is 61.5 Å². The summed E-state index contributed by atoms with van der Waals surface area (Å²) in [6.07, 6.45) is 0.550. The predicted octanol–water partition coefficient (Wildman–Crippen LogP) is 3.60. The number of halogens is 1. The lowest BCUT2D eigenvalue weighted by Gasteiger charge is -2.08. The second-order valence-corrected chi connectivity index (χ2v) is 6.55. The van der Waals surface area contributed by atoms with Gasteiger partial charge in [-0.15, -0.1) is 10.2 Å². The van der Waals surface area contributed by atoms with E-state index in [0.29, 0.717) is 22.9 Å². The SMILES string of the molecule is COc1ccc(Cc2nnc3sc(-c4ccc(F)cc4)nn23)cc1OC. The quantitative estimate of drug-likeness (QED) is 0.537. The minimum Gasteiger partial charge on any atom is -0.493 e. The maximum Gasteiger partial charge on any atom is 0.234 e. The molecule has 0 aliphatic heterocycles. The van der Waals surface area contributed by atoms with Gasteiger partial charge in [0.15, 0.2) is 17.3 Å². The fraction of sp³-hybridized carbons (Fsp3) is 0.167. The monoisotopic (exact) mass is 370 g/mol. The summed E-state index contributed by atoms with van der Waals surface area (Å²) in [7, 11) is 3.21. The van der Waals surface area contributed by atoms with Crippen molar-refractivity contribution < 1.29 is 13.9 Å². The normalized spacial score (nSPS) is 11.0. The molecule has 0 aliphatic rings. The molecule has 0 saturated heterocycles. The molecule has 132 valence electrons. The van der Waals surface area contributed by atoms with Crippen LogP contribution < -0.4 is 9.47 Å². The van der Waals surface area contributed by atoms with Crippen LogP contribution in [0.5, 0.6) is 11.5 Å². The Balaban J connectivity index is 1.66. The molecule has 0 aliphatic carbocycles. The molecule has 2 aromatic carbocycles. The van der Waals surface area contributed by atoms with Gasteiger partial charge >= 0.3 is 0 Å². The summed E-state index contributed by atoms with van der Waals surface area (Å²) in [6.45, 7) is 0. The predicted molar refractivity (Wildman–Crippen MR) is 96.4 cm³/mol. The van der Waals surface area contributed by atoms with Gasteiger partial charge in [-0.05, 0) is 42.0 Å². The Morgan fingerprint density at radius 3 is 2.50 bits per heavy atom. The molecular formula is C18H15FN4O2S. The van der Waals surface area contributed by atoms with Crippen molar-refractivity contribution in [3.63, 3.8) is 0 Å². The van der Waals surface area contributed by atoms with E-state index in [1.807, 2.05) is 18.2 Å². The Labute approximate surface area is 152 Å². The summed E-state index contributed by atoms with van der Waals surface area (Å²) < 4.78 is 25.4. The number of rotatable bonds is 5. The lowest BCUT2D eigenvalue weighted by molar-refractivity contribution is 0.354. The van der Waals surface area contributed by atoms with Crippen LogP contribution in [0.4, 0.5) is 4.39 Å². The van der Waals surface area contributed by atoms with Gasteiger partial charge in [0.25, 0.3) is 0 Å².